The second-order valence-electron chi connectivity index (χ2n) is 11.0. The number of hydrogen-bond donors (Lipinski definition) is 0. The largest absolute Gasteiger partial charge is 0.624 e. The maximum Gasteiger partial charge on any atom is 0.153 e. The van der Waals surface area contributed by atoms with Crippen molar-refractivity contribution in [3.63, 3.8) is 0 Å². The molecule has 0 rings (SSSR count). The molecule has 0 aromatic heterocycles. The van der Waals surface area contributed by atoms with Crippen LogP contribution in [0.3, 0.4) is 0 Å². The Morgan fingerprint density at radius 1 is 0.382 bits per heavy atom. The van der Waals surface area contributed by atoms with Crippen LogP contribution in [0.5, 0.6) is 0 Å². The Balaban J connectivity index is 3.21. The molecule has 0 saturated carbocycles. The van der Waals surface area contributed by atoms with Crippen LogP contribution in [-0.4, -0.2) is 17.5 Å². The Bertz CT molecular complexity index is 392. The van der Waals surface area contributed by atoms with Crippen molar-refractivity contribution in [1.82, 2.24) is 0 Å². The van der Waals surface area contributed by atoms with Crippen molar-refractivity contribution in [2.45, 2.75) is 194 Å². The van der Waals surface area contributed by atoms with E-state index in [0.717, 1.165) is 12.8 Å². The average Bonchev–Trinajstić information content (AvgIpc) is 2.84. The maximum absolute atomic E-state index is 11.9. The highest BCUT2D eigenvalue weighted by atomic mass is 16.5. The normalized spacial score (nSPS) is 12.0. The van der Waals surface area contributed by atoms with Crippen LogP contribution in [0.25, 0.3) is 0 Å². The summed E-state index contributed by atoms with van der Waals surface area (Å²) in [6.45, 7) is 5.28. The van der Waals surface area contributed by atoms with Crippen LogP contribution in [-0.2, 0) is 0 Å². The lowest BCUT2D eigenvalue weighted by molar-refractivity contribution is -0.454. The molecule has 0 saturated heterocycles. The fraction of sp³-hybridized carbons (Fsp3) is 0.969. The predicted octanol–water partition coefficient (Wildman–Crippen LogP) is 11.5. The number of unbranched alkanes of at least 4 members (excludes halogenated alkanes) is 26. The summed E-state index contributed by atoms with van der Waals surface area (Å²) < 4.78 is 1.21. The molecule has 204 valence electrons. The fourth-order valence-electron chi connectivity index (χ4n) is 4.95. The molecule has 0 aromatic carbocycles. The second kappa shape index (κ2) is 30.5. The van der Waals surface area contributed by atoms with Gasteiger partial charge in [0.25, 0.3) is 0 Å². The minimum Gasteiger partial charge on any atom is -0.624 e. The molecule has 0 amide bonds. The molecule has 0 N–H and O–H groups in total. The first-order valence-electron chi connectivity index (χ1n) is 16.1. The lowest BCUT2D eigenvalue weighted by Gasteiger charge is -2.05. The van der Waals surface area contributed by atoms with Gasteiger partial charge in [0.15, 0.2) is 12.8 Å². The van der Waals surface area contributed by atoms with Gasteiger partial charge in [0.05, 0.1) is 0 Å². The third kappa shape index (κ3) is 29.5. The summed E-state index contributed by atoms with van der Waals surface area (Å²) in [5.41, 5.74) is 0. The Labute approximate surface area is 216 Å². The Hall–Kier alpha value is -0.530. The summed E-state index contributed by atoms with van der Waals surface area (Å²) in [5.74, 6) is 0. The highest BCUT2D eigenvalue weighted by molar-refractivity contribution is 5.50. The molecule has 0 heterocycles. The molecule has 0 aliphatic heterocycles. The fourth-order valence-corrected chi connectivity index (χ4v) is 4.95. The van der Waals surface area contributed by atoms with Crippen molar-refractivity contribution >= 4 is 6.21 Å². The van der Waals surface area contributed by atoms with E-state index >= 15 is 0 Å². The molecule has 2 nitrogen and oxygen atoms in total. The van der Waals surface area contributed by atoms with Crippen LogP contribution >= 0.6 is 0 Å². The van der Waals surface area contributed by atoms with Crippen molar-refractivity contribution in [2.75, 3.05) is 6.54 Å². The van der Waals surface area contributed by atoms with E-state index in [-0.39, 0.29) is 0 Å². The number of hydroxylamine groups is 1. The van der Waals surface area contributed by atoms with Crippen molar-refractivity contribution in [3.05, 3.63) is 5.21 Å². The van der Waals surface area contributed by atoms with E-state index in [1.165, 1.54) is 172 Å². The Kier molecular flexibility index (Phi) is 30.0. The zero-order valence-corrected chi connectivity index (χ0v) is 23.9. The minimum atomic E-state index is 0.705. The van der Waals surface area contributed by atoms with Crippen molar-refractivity contribution in [2.24, 2.45) is 0 Å². The van der Waals surface area contributed by atoms with Crippen molar-refractivity contribution < 1.29 is 4.74 Å². The van der Waals surface area contributed by atoms with E-state index in [1.807, 2.05) is 6.21 Å². The molecule has 0 aliphatic rings. The van der Waals surface area contributed by atoms with Crippen LogP contribution in [0.15, 0.2) is 0 Å². The molecule has 0 radical (unpaired) electrons. The Morgan fingerprint density at radius 3 is 0.971 bits per heavy atom. The standard InChI is InChI=1S/C32H65NO/c1-3-5-7-9-11-13-15-17-18-19-20-22-24-26-28-30-32-33(34)31-29-27-25-23-21-16-14-12-10-8-6-4-2/h32H,3-31H2,1-2H3. The van der Waals surface area contributed by atoms with Gasteiger partial charge in [-0.25, -0.2) is 4.74 Å². The SMILES string of the molecule is CCCCCCCCCCCCCCCCCC=[N+]([O-])CCCCCCCCCCCCCC. The maximum atomic E-state index is 11.9. The molecule has 0 fully saturated rings. The van der Waals surface area contributed by atoms with E-state index in [1.54, 1.807) is 0 Å². The smallest absolute Gasteiger partial charge is 0.153 e. The summed E-state index contributed by atoms with van der Waals surface area (Å²) in [6.07, 6.45) is 40.1. The van der Waals surface area contributed by atoms with Crippen molar-refractivity contribution in [1.29, 1.82) is 0 Å². The third-order valence-electron chi connectivity index (χ3n) is 7.37. The van der Waals surface area contributed by atoms with E-state index in [0.29, 0.717) is 6.54 Å². The summed E-state index contributed by atoms with van der Waals surface area (Å²) in [7, 11) is 0. The zero-order valence-electron chi connectivity index (χ0n) is 23.9. The molecule has 0 unspecified atom stereocenters. The van der Waals surface area contributed by atoms with Gasteiger partial charge in [-0.3, -0.25) is 0 Å². The zero-order chi connectivity index (χ0) is 24.8. The van der Waals surface area contributed by atoms with Crippen LogP contribution in [0, 0.1) is 5.21 Å². The number of hydrogen-bond acceptors (Lipinski definition) is 1. The first-order valence-corrected chi connectivity index (χ1v) is 16.1. The highest BCUT2D eigenvalue weighted by Gasteiger charge is 1.98. The summed E-state index contributed by atoms with van der Waals surface area (Å²) in [4.78, 5) is 0. The van der Waals surface area contributed by atoms with Gasteiger partial charge >= 0.3 is 0 Å². The van der Waals surface area contributed by atoms with Crippen molar-refractivity contribution in [3.8, 4) is 0 Å². The van der Waals surface area contributed by atoms with Gasteiger partial charge in [0.2, 0.25) is 0 Å². The summed E-state index contributed by atoms with van der Waals surface area (Å²) in [5, 5.41) is 11.9. The van der Waals surface area contributed by atoms with Gasteiger partial charge < -0.3 is 5.21 Å². The van der Waals surface area contributed by atoms with Crippen LogP contribution in [0.4, 0.5) is 0 Å². The molecule has 0 bridgehead atoms. The molecular weight excluding hydrogens is 414 g/mol. The lowest BCUT2D eigenvalue weighted by atomic mass is 10.0. The molecule has 0 spiro atoms. The monoisotopic (exact) mass is 480 g/mol. The number of rotatable bonds is 29. The predicted molar refractivity (Wildman–Crippen MR) is 155 cm³/mol. The molecule has 0 atom stereocenters. The topological polar surface area (TPSA) is 26.1 Å². The van der Waals surface area contributed by atoms with Gasteiger partial charge in [-0.1, -0.05) is 168 Å². The van der Waals surface area contributed by atoms with Gasteiger partial charge in [-0.05, 0) is 12.8 Å². The summed E-state index contributed by atoms with van der Waals surface area (Å²) >= 11 is 0. The van der Waals surface area contributed by atoms with E-state index in [4.69, 9.17) is 0 Å². The molecule has 0 aromatic rings. The van der Waals surface area contributed by atoms with E-state index in [2.05, 4.69) is 13.8 Å². The Morgan fingerprint density at radius 2 is 0.647 bits per heavy atom. The number of nitrogens with zero attached hydrogens (tertiary/aromatic N) is 1. The first kappa shape index (κ1) is 33.5. The first-order chi connectivity index (χ1) is 16.8. The lowest BCUT2D eigenvalue weighted by Crippen LogP contribution is -2.06. The van der Waals surface area contributed by atoms with Gasteiger partial charge in [0.1, 0.15) is 0 Å². The summed E-state index contributed by atoms with van der Waals surface area (Å²) in [6, 6.07) is 0. The minimum absolute atomic E-state index is 0.705. The highest BCUT2D eigenvalue weighted by Crippen LogP contribution is 2.14. The third-order valence-corrected chi connectivity index (χ3v) is 7.37. The molecular formula is C32H65NO. The van der Waals surface area contributed by atoms with Gasteiger partial charge in [-0.15, -0.1) is 0 Å². The second-order valence-corrected chi connectivity index (χ2v) is 11.0. The molecule has 2 heteroatoms. The van der Waals surface area contributed by atoms with Crippen LogP contribution in [0.1, 0.15) is 194 Å². The molecule has 34 heavy (non-hydrogen) atoms. The molecule has 0 aliphatic carbocycles. The van der Waals surface area contributed by atoms with E-state index < -0.39 is 0 Å². The van der Waals surface area contributed by atoms with Crippen LogP contribution < -0.4 is 0 Å². The van der Waals surface area contributed by atoms with E-state index in [9.17, 15) is 5.21 Å². The quantitative estimate of drug-likeness (QED) is 0.0344. The van der Waals surface area contributed by atoms with Gasteiger partial charge in [0, 0.05) is 12.8 Å². The van der Waals surface area contributed by atoms with Crippen LogP contribution in [0.2, 0.25) is 0 Å². The average molecular weight is 480 g/mol. The van der Waals surface area contributed by atoms with Gasteiger partial charge in [-0.2, -0.15) is 0 Å².